The van der Waals surface area contributed by atoms with Gasteiger partial charge in [-0.2, -0.15) is 0 Å². The van der Waals surface area contributed by atoms with Crippen molar-refractivity contribution in [2.45, 2.75) is 78.1 Å². The summed E-state index contributed by atoms with van der Waals surface area (Å²) < 4.78 is 0. The number of carbonyl (C=O) groups excluding carboxylic acids is 2. The van der Waals surface area contributed by atoms with Gasteiger partial charge in [0.1, 0.15) is 0 Å². The monoisotopic (exact) mass is 304 g/mol. The van der Waals surface area contributed by atoms with Gasteiger partial charge in [-0.3, -0.25) is 0 Å². The second-order valence-electron chi connectivity index (χ2n) is 4.44. The Morgan fingerprint density at radius 1 is 0.750 bits per heavy atom. The summed E-state index contributed by atoms with van der Waals surface area (Å²) in [7, 11) is 0. The Morgan fingerprint density at radius 2 is 1.05 bits per heavy atom. The molecule has 0 unspecified atom stereocenters. The summed E-state index contributed by atoms with van der Waals surface area (Å²) in [6, 6.07) is 0. The maximum Gasteiger partial charge on any atom is 1.00 e. The summed E-state index contributed by atoms with van der Waals surface area (Å²) in [5, 5.41) is 19.0. The van der Waals surface area contributed by atoms with Crippen LogP contribution in [-0.4, -0.2) is 11.9 Å². The van der Waals surface area contributed by atoms with Crippen LogP contribution in [0.4, 0.5) is 0 Å². The van der Waals surface area contributed by atoms with Gasteiger partial charge in [-0.15, -0.1) is 0 Å². The van der Waals surface area contributed by atoms with Crippen molar-refractivity contribution in [3.05, 3.63) is 0 Å². The van der Waals surface area contributed by atoms with Gasteiger partial charge in [-0.25, -0.2) is 0 Å². The van der Waals surface area contributed by atoms with Gasteiger partial charge < -0.3 is 19.8 Å². The van der Waals surface area contributed by atoms with Crippen LogP contribution in [0.15, 0.2) is 0 Å². The summed E-state index contributed by atoms with van der Waals surface area (Å²) in [4.78, 5) is 19.0. The molecule has 0 fully saturated rings. The number of rotatable bonds is 10. The first-order valence-corrected chi connectivity index (χ1v) is 6.88. The maximum atomic E-state index is 10.1. The van der Waals surface area contributed by atoms with Crippen molar-refractivity contribution in [1.82, 2.24) is 0 Å². The number of hydrogen-bond acceptors (Lipinski definition) is 4. The zero-order valence-corrected chi connectivity index (χ0v) is 17.7. The smallest absolute Gasteiger partial charge is 0.550 e. The first-order valence-electron chi connectivity index (χ1n) is 6.88. The molecule has 0 aliphatic carbocycles. The van der Waals surface area contributed by atoms with Gasteiger partial charge in [0, 0.05) is 11.9 Å². The molecular weight excluding hydrogens is 278 g/mol. The molecule has 20 heavy (non-hydrogen) atoms. The number of hydrogen-bond donors (Lipinski definition) is 0. The number of unbranched alkanes of at least 4 members (excludes halogenated alkanes) is 8. The van der Waals surface area contributed by atoms with E-state index in [4.69, 9.17) is 9.90 Å². The van der Waals surface area contributed by atoms with E-state index in [0.717, 1.165) is 19.8 Å². The van der Waals surface area contributed by atoms with E-state index in [0.29, 0.717) is 0 Å². The van der Waals surface area contributed by atoms with Crippen molar-refractivity contribution in [1.29, 1.82) is 0 Å². The Kier molecular flexibility index (Phi) is 36.2. The maximum absolute atomic E-state index is 10.1. The van der Waals surface area contributed by atoms with E-state index >= 15 is 0 Å². The summed E-state index contributed by atoms with van der Waals surface area (Å²) >= 11 is 0. The molecule has 0 aromatic rings. The summed E-state index contributed by atoms with van der Waals surface area (Å²) in [6.07, 6.45) is 11.2. The van der Waals surface area contributed by atoms with Crippen LogP contribution >= 0.6 is 0 Å². The van der Waals surface area contributed by atoms with Gasteiger partial charge >= 0.3 is 59.1 Å². The predicted octanol–water partition coefficient (Wildman–Crippen LogP) is -4.58. The van der Waals surface area contributed by atoms with E-state index in [-0.39, 0.29) is 65.5 Å². The van der Waals surface area contributed by atoms with Crippen molar-refractivity contribution < 1.29 is 78.9 Å². The summed E-state index contributed by atoms with van der Waals surface area (Å²) in [5.41, 5.74) is 0. The molecule has 0 amide bonds. The first-order chi connectivity index (χ1) is 8.50. The normalized spacial score (nSPS) is 8.50. The van der Waals surface area contributed by atoms with Gasteiger partial charge in [0.15, 0.2) is 0 Å². The largest absolute Gasteiger partial charge is 1.00 e. The third kappa shape index (κ3) is 42.8. The van der Waals surface area contributed by atoms with Crippen LogP contribution in [0.3, 0.4) is 0 Å². The molecule has 0 rings (SSSR count). The molecule has 0 N–H and O–H groups in total. The van der Waals surface area contributed by atoms with Crippen molar-refractivity contribution in [2.24, 2.45) is 0 Å². The molecule has 0 spiro atoms. The second kappa shape index (κ2) is 24.9. The summed E-state index contributed by atoms with van der Waals surface area (Å²) in [6.45, 7) is 3.19. The Balaban J connectivity index is -0.000000188. The Hall–Kier alpha value is 0.940. The third-order valence-electron chi connectivity index (χ3n) is 2.48. The topological polar surface area (TPSA) is 80.3 Å². The molecule has 0 saturated carbocycles. The van der Waals surface area contributed by atoms with Crippen molar-refractivity contribution >= 4 is 11.9 Å². The van der Waals surface area contributed by atoms with Crippen molar-refractivity contribution in [3.8, 4) is 0 Å². The molecule has 0 atom stereocenters. The van der Waals surface area contributed by atoms with E-state index < -0.39 is 11.9 Å². The molecule has 4 nitrogen and oxygen atoms in total. The van der Waals surface area contributed by atoms with Gasteiger partial charge in [0.2, 0.25) is 0 Å². The predicted molar refractivity (Wildman–Crippen MR) is 67.5 cm³/mol. The van der Waals surface area contributed by atoms with Crippen LogP contribution in [0.5, 0.6) is 0 Å². The SMILES string of the molecule is CC(=O)[O-].CCCCCCCCCCCC(=O)[O-].[Na+].[Na+]. The number of carbonyl (C=O) groups is 2. The van der Waals surface area contributed by atoms with Crippen LogP contribution in [-0.2, 0) is 9.59 Å². The average molecular weight is 304 g/mol. The fraction of sp³-hybridized carbons (Fsp3) is 0.857. The zero-order chi connectivity index (χ0) is 14.2. The molecule has 0 aliphatic heterocycles. The molecule has 108 valence electrons. The van der Waals surface area contributed by atoms with Crippen LogP contribution in [0.2, 0.25) is 0 Å². The molecule has 0 saturated heterocycles. The van der Waals surface area contributed by atoms with Crippen LogP contribution in [0, 0.1) is 0 Å². The Morgan fingerprint density at radius 3 is 1.35 bits per heavy atom. The number of carboxylic acids is 2. The summed E-state index contributed by atoms with van der Waals surface area (Å²) in [5.74, 6) is -1.99. The standard InChI is InChI=1S/C12H24O2.C2H4O2.2Na/c1-2-3-4-5-6-7-8-9-10-11-12(13)14;1-2(3)4;;/h2-11H2,1H3,(H,13,14);1H3,(H,3,4);;/q;;2*+1/p-2. The molecule has 0 radical (unpaired) electrons. The van der Waals surface area contributed by atoms with E-state index in [1.54, 1.807) is 0 Å². The third-order valence-corrected chi connectivity index (χ3v) is 2.48. The molecule has 0 aliphatic rings. The first kappa shape index (κ1) is 29.0. The molecule has 0 heterocycles. The fourth-order valence-electron chi connectivity index (χ4n) is 1.58. The minimum Gasteiger partial charge on any atom is -0.550 e. The van der Waals surface area contributed by atoms with E-state index in [9.17, 15) is 9.90 Å². The van der Waals surface area contributed by atoms with Gasteiger partial charge in [-0.05, 0) is 19.8 Å². The van der Waals surface area contributed by atoms with Crippen LogP contribution < -0.4 is 69.3 Å². The van der Waals surface area contributed by atoms with Crippen LogP contribution in [0.1, 0.15) is 78.1 Å². The average Bonchev–Trinajstić information content (AvgIpc) is 2.26. The van der Waals surface area contributed by atoms with Gasteiger partial charge in [0.05, 0.1) is 0 Å². The zero-order valence-electron chi connectivity index (χ0n) is 13.7. The Bertz CT molecular complexity index is 207. The van der Waals surface area contributed by atoms with Crippen molar-refractivity contribution in [2.75, 3.05) is 0 Å². The van der Waals surface area contributed by atoms with E-state index in [2.05, 4.69) is 6.92 Å². The second-order valence-corrected chi connectivity index (χ2v) is 4.44. The number of aliphatic carboxylic acids is 2. The Labute approximate surface area is 167 Å². The van der Waals surface area contributed by atoms with Crippen LogP contribution in [0.25, 0.3) is 0 Å². The molecule has 0 bridgehead atoms. The molecule has 0 aromatic carbocycles. The number of carboxylic acid groups (broad SMARTS) is 2. The molecule has 6 heteroatoms. The van der Waals surface area contributed by atoms with E-state index in [1.807, 2.05) is 0 Å². The van der Waals surface area contributed by atoms with E-state index in [1.165, 1.54) is 44.9 Å². The molecular formula is C14H26Na2O4. The van der Waals surface area contributed by atoms with Gasteiger partial charge in [-0.1, -0.05) is 58.3 Å². The quantitative estimate of drug-likeness (QED) is 0.301. The minimum absolute atomic E-state index is 0. The minimum atomic E-state index is -1.08. The molecule has 0 aromatic heterocycles. The van der Waals surface area contributed by atoms with Crippen molar-refractivity contribution in [3.63, 3.8) is 0 Å². The van der Waals surface area contributed by atoms with Gasteiger partial charge in [0.25, 0.3) is 0 Å². The fourth-order valence-corrected chi connectivity index (χ4v) is 1.58.